The molecule has 0 aromatic carbocycles. The summed E-state index contributed by atoms with van der Waals surface area (Å²) < 4.78 is 0. The van der Waals surface area contributed by atoms with Crippen LogP contribution in [0.25, 0.3) is 0 Å². The van der Waals surface area contributed by atoms with E-state index >= 15 is 0 Å². The third-order valence-electron chi connectivity index (χ3n) is 1.29. The van der Waals surface area contributed by atoms with Crippen LogP contribution in [0.5, 0.6) is 0 Å². The molecule has 0 saturated heterocycles. The Morgan fingerprint density at radius 2 is 2.10 bits per heavy atom. The van der Waals surface area contributed by atoms with Crippen molar-refractivity contribution in [2.75, 3.05) is 6.61 Å². The van der Waals surface area contributed by atoms with E-state index in [0.717, 1.165) is 6.42 Å². The molecule has 0 aliphatic carbocycles. The summed E-state index contributed by atoms with van der Waals surface area (Å²) in [5.74, 6) is 0.390. The first-order chi connectivity index (χ1) is 4.81. The van der Waals surface area contributed by atoms with E-state index in [2.05, 4.69) is 6.08 Å². The normalized spacial score (nSPS) is 15.1. The molecule has 1 nitrogen and oxygen atoms in total. The Morgan fingerprint density at radius 1 is 1.40 bits per heavy atom. The van der Waals surface area contributed by atoms with E-state index in [4.69, 9.17) is 5.11 Å². The number of hydrogen-bond acceptors (Lipinski definition) is 1. The van der Waals surface area contributed by atoms with Crippen LogP contribution in [0.4, 0.5) is 0 Å². The lowest BCUT2D eigenvalue weighted by Gasteiger charge is -2.00. The van der Waals surface area contributed by atoms with Crippen LogP contribution in [0.1, 0.15) is 20.3 Å². The average molecular weight is 140 g/mol. The molecular weight excluding hydrogens is 124 g/mol. The first-order valence-corrected chi connectivity index (χ1v) is 3.70. The summed E-state index contributed by atoms with van der Waals surface area (Å²) in [5.41, 5.74) is 0. The van der Waals surface area contributed by atoms with E-state index in [0.29, 0.717) is 5.92 Å². The van der Waals surface area contributed by atoms with E-state index in [1.165, 1.54) is 0 Å². The predicted octanol–water partition coefficient (Wildman–Crippen LogP) is 2.14. The van der Waals surface area contributed by atoms with Gasteiger partial charge < -0.3 is 5.11 Å². The second kappa shape index (κ2) is 6.56. The lowest BCUT2D eigenvalue weighted by atomic mass is 10.1. The zero-order valence-corrected chi connectivity index (χ0v) is 6.75. The average Bonchev–Trinajstić information content (AvgIpc) is 1.98. The van der Waals surface area contributed by atoms with Gasteiger partial charge >= 0.3 is 0 Å². The molecule has 0 rings (SSSR count). The molecule has 0 radical (unpaired) electrons. The van der Waals surface area contributed by atoms with Gasteiger partial charge in [0.15, 0.2) is 0 Å². The SMILES string of the molecule is CC=CC=CCC(C)CO. The second-order valence-electron chi connectivity index (χ2n) is 2.48. The highest BCUT2D eigenvalue weighted by Crippen LogP contribution is 2.00. The van der Waals surface area contributed by atoms with Crippen molar-refractivity contribution in [1.82, 2.24) is 0 Å². The molecule has 1 atom stereocenters. The first-order valence-electron chi connectivity index (χ1n) is 3.70. The Morgan fingerprint density at radius 3 is 2.60 bits per heavy atom. The van der Waals surface area contributed by atoms with Gasteiger partial charge in [0.1, 0.15) is 0 Å². The third-order valence-corrected chi connectivity index (χ3v) is 1.29. The highest BCUT2D eigenvalue weighted by molar-refractivity contribution is 5.01. The number of aliphatic hydroxyl groups is 1. The number of hydrogen-bond donors (Lipinski definition) is 1. The van der Waals surface area contributed by atoms with E-state index in [1.54, 1.807) is 0 Å². The molecule has 0 saturated carbocycles. The smallest absolute Gasteiger partial charge is 0.0459 e. The zero-order valence-electron chi connectivity index (χ0n) is 6.75. The van der Waals surface area contributed by atoms with Crippen molar-refractivity contribution in [3.05, 3.63) is 24.3 Å². The van der Waals surface area contributed by atoms with Crippen LogP contribution in [0, 0.1) is 5.92 Å². The molecule has 1 N–H and O–H groups in total. The van der Waals surface area contributed by atoms with Gasteiger partial charge in [0.2, 0.25) is 0 Å². The van der Waals surface area contributed by atoms with Crippen molar-refractivity contribution in [2.24, 2.45) is 5.92 Å². The molecule has 0 fully saturated rings. The van der Waals surface area contributed by atoms with Crippen LogP contribution in [0.3, 0.4) is 0 Å². The summed E-state index contributed by atoms with van der Waals surface area (Å²) >= 11 is 0. The maximum absolute atomic E-state index is 8.64. The molecule has 0 aliphatic rings. The van der Waals surface area contributed by atoms with E-state index in [-0.39, 0.29) is 6.61 Å². The molecule has 0 aromatic rings. The summed E-state index contributed by atoms with van der Waals surface area (Å²) in [6.07, 6.45) is 9.01. The Labute approximate surface area is 63.1 Å². The molecule has 10 heavy (non-hydrogen) atoms. The fraction of sp³-hybridized carbons (Fsp3) is 0.556. The van der Waals surface area contributed by atoms with Gasteiger partial charge in [-0.05, 0) is 19.3 Å². The molecule has 0 spiro atoms. The van der Waals surface area contributed by atoms with Gasteiger partial charge in [0.25, 0.3) is 0 Å². The molecule has 0 aliphatic heterocycles. The summed E-state index contributed by atoms with van der Waals surface area (Å²) in [4.78, 5) is 0. The summed E-state index contributed by atoms with van der Waals surface area (Å²) in [7, 11) is 0. The van der Waals surface area contributed by atoms with Gasteiger partial charge in [0.05, 0.1) is 0 Å². The first kappa shape index (κ1) is 9.44. The molecular formula is C9H16O. The monoisotopic (exact) mass is 140 g/mol. The third kappa shape index (κ3) is 5.57. The fourth-order valence-electron chi connectivity index (χ4n) is 0.575. The van der Waals surface area contributed by atoms with Crippen LogP contribution in [-0.4, -0.2) is 11.7 Å². The highest BCUT2D eigenvalue weighted by Gasteiger charge is 1.93. The molecule has 58 valence electrons. The second-order valence-corrected chi connectivity index (χ2v) is 2.48. The zero-order chi connectivity index (χ0) is 7.82. The largest absolute Gasteiger partial charge is 0.396 e. The van der Waals surface area contributed by atoms with Crippen LogP contribution >= 0.6 is 0 Å². The summed E-state index contributed by atoms with van der Waals surface area (Å²) in [6.45, 7) is 4.29. The van der Waals surface area contributed by atoms with Gasteiger partial charge in [-0.15, -0.1) is 0 Å². The van der Waals surface area contributed by atoms with Crippen molar-refractivity contribution in [3.63, 3.8) is 0 Å². The molecule has 1 heteroatoms. The topological polar surface area (TPSA) is 20.2 Å². The van der Waals surface area contributed by atoms with Gasteiger partial charge in [0, 0.05) is 6.61 Å². The van der Waals surface area contributed by atoms with Crippen LogP contribution in [-0.2, 0) is 0 Å². The summed E-state index contributed by atoms with van der Waals surface area (Å²) in [6, 6.07) is 0. The molecule has 0 amide bonds. The van der Waals surface area contributed by atoms with Crippen molar-refractivity contribution >= 4 is 0 Å². The van der Waals surface area contributed by atoms with E-state index < -0.39 is 0 Å². The van der Waals surface area contributed by atoms with Gasteiger partial charge in [-0.3, -0.25) is 0 Å². The van der Waals surface area contributed by atoms with Crippen LogP contribution < -0.4 is 0 Å². The van der Waals surface area contributed by atoms with Gasteiger partial charge in [-0.1, -0.05) is 31.2 Å². The van der Waals surface area contributed by atoms with E-state index in [1.807, 2.05) is 32.1 Å². The molecule has 0 bridgehead atoms. The summed E-state index contributed by atoms with van der Waals surface area (Å²) in [5, 5.41) is 8.64. The minimum Gasteiger partial charge on any atom is -0.396 e. The predicted molar refractivity (Wildman–Crippen MR) is 44.8 cm³/mol. The van der Waals surface area contributed by atoms with Crippen LogP contribution in [0.2, 0.25) is 0 Å². The van der Waals surface area contributed by atoms with Crippen molar-refractivity contribution in [3.8, 4) is 0 Å². The van der Waals surface area contributed by atoms with Gasteiger partial charge in [-0.2, -0.15) is 0 Å². The van der Waals surface area contributed by atoms with Crippen LogP contribution in [0.15, 0.2) is 24.3 Å². The van der Waals surface area contributed by atoms with Crippen molar-refractivity contribution < 1.29 is 5.11 Å². The maximum Gasteiger partial charge on any atom is 0.0459 e. The van der Waals surface area contributed by atoms with Gasteiger partial charge in [-0.25, -0.2) is 0 Å². The Kier molecular flexibility index (Phi) is 6.19. The molecule has 1 unspecified atom stereocenters. The quantitative estimate of drug-likeness (QED) is 0.593. The maximum atomic E-state index is 8.64. The number of allylic oxidation sites excluding steroid dienone is 4. The Balaban J connectivity index is 3.33. The van der Waals surface area contributed by atoms with Crippen molar-refractivity contribution in [2.45, 2.75) is 20.3 Å². The highest BCUT2D eigenvalue weighted by atomic mass is 16.3. The molecule has 0 heterocycles. The van der Waals surface area contributed by atoms with E-state index in [9.17, 15) is 0 Å². The lowest BCUT2D eigenvalue weighted by Crippen LogP contribution is -1.97. The lowest BCUT2D eigenvalue weighted by molar-refractivity contribution is 0.239. The number of rotatable bonds is 4. The fourth-order valence-corrected chi connectivity index (χ4v) is 0.575. The number of aliphatic hydroxyl groups excluding tert-OH is 1. The standard InChI is InChI=1S/C9H16O/c1-3-4-5-6-7-9(2)8-10/h3-6,9-10H,7-8H2,1-2H3. The minimum absolute atomic E-state index is 0.278. The Bertz CT molecular complexity index is 114. The minimum atomic E-state index is 0.278. The molecule has 0 aromatic heterocycles. The Hall–Kier alpha value is -0.560. The van der Waals surface area contributed by atoms with Crippen molar-refractivity contribution in [1.29, 1.82) is 0 Å².